The molecule has 8 heteroatoms. The summed E-state index contributed by atoms with van der Waals surface area (Å²) in [5.41, 5.74) is 5.50. The number of nitrogens with zero attached hydrogens (tertiary/aromatic N) is 3. The van der Waals surface area contributed by atoms with E-state index in [2.05, 4.69) is 28.2 Å². The quantitative estimate of drug-likeness (QED) is 0.623. The highest BCUT2D eigenvalue weighted by molar-refractivity contribution is 5.95. The number of methoxy groups -OCH3 is 1. The number of H-pyrrole nitrogens is 1. The Hall–Kier alpha value is -3.81. The molecule has 0 aliphatic carbocycles. The molecule has 8 nitrogen and oxygen atoms in total. The number of fused-ring (bicyclic) bond motifs is 2. The van der Waals surface area contributed by atoms with E-state index in [9.17, 15) is 9.59 Å². The molecule has 1 unspecified atom stereocenters. The monoisotopic (exact) mass is 446 g/mol. The lowest BCUT2D eigenvalue weighted by Crippen LogP contribution is -2.41. The minimum absolute atomic E-state index is 0.111. The first kappa shape index (κ1) is 21.1. The van der Waals surface area contributed by atoms with Crippen molar-refractivity contribution in [1.82, 2.24) is 19.8 Å². The van der Waals surface area contributed by atoms with Crippen molar-refractivity contribution in [3.63, 3.8) is 0 Å². The third-order valence-electron chi connectivity index (χ3n) is 6.34. The van der Waals surface area contributed by atoms with Crippen molar-refractivity contribution < 1.29 is 19.1 Å². The Balaban J connectivity index is 1.40. The van der Waals surface area contributed by atoms with Gasteiger partial charge in [0.15, 0.2) is 0 Å². The topological polar surface area (TPSA) is 87.8 Å². The van der Waals surface area contributed by atoms with Crippen LogP contribution in [0, 0.1) is 6.92 Å². The summed E-state index contributed by atoms with van der Waals surface area (Å²) in [6, 6.07) is 11.8. The van der Waals surface area contributed by atoms with E-state index in [4.69, 9.17) is 9.47 Å². The first-order valence-corrected chi connectivity index (χ1v) is 11.0. The van der Waals surface area contributed by atoms with E-state index >= 15 is 0 Å². The lowest BCUT2D eigenvalue weighted by Gasteiger charge is -2.27. The average molecular weight is 447 g/mol. The molecule has 1 aromatic heterocycles. The maximum absolute atomic E-state index is 13.3. The number of likely N-dealkylation sites (N-methyl/N-ethyl adjacent to an activating group) is 1. The molecule has 0 bridgehead atoms. The van der Waals surface area contributed by atoms with Crippen LogP contribution >= 0.6 is 0 Å². The maximum Gasteiger partial charge on any atom is 0.328 e. The summed E-state index contributed by atoms with van der Waals surface area (Å²) in [5.74, 6) is 1.22. The summed E-state index contributed by atoms with van der Waals surface area (Å²) in [4.78, 5) is 36.6. The first-order chi connectivity index (χ1) is 15.9. The zero-order chi connectivity index (χ0) is 23.1. The van der Waals surface area contributed by atoms with E-state index < -0.39 is 6.04 Å². The number of imidazole rings is 1. The Morgan fingerprint density at radius 3 is 2.79 bits per heavy atom. The molecule has 0 radical (unpaired) electrons. The predicted octanol–water partition coefficient (Wildman–Crippen LogP) is 3.02. The van der Waals surface area contributed by atoms with Crippen molar-refractivity contribution in [2.75, 3.05) is 27.3 Å². The van der Waals surface area contributed by atoms with E-state index in [1.165, 1.54) is 7.11 Å². The van der Waals surface area contributed by atoms with Crippen molar-refractivity contribution in [2.24, 2.45) is 0 Å². The molecule has 0 saturated carbocycles. The van der Waals surface area contributed by atoms with Crippen molar-refractivity contribution in [2.45, 2.75) is 25.9 Å². The summed E-state index contributed by atoms with van der Waals surface area (Å²) in [6.45, 7) is 3.25. The minimum atomic E-state index is -0.461. The zero-order valence-electron chi connectivity index (χ0n) is 18.9. The van der Waals surface area contributed by atoms with Gasteiger partial charge in [-0.3, -0.25) is 4.79 Å². The Kier molecular flexibility index (Phi) is 5.28. The highest BCUT2D eigenvalue weighted by atomic mass is 16.5. The second-order valence-electron chi connectivity index (χ2n) is 8.43. The third-order valence-corrected chi connectivity index (χ3v) is 6.34. The number of ether oxygens (including phenoxy) is 2. The molecule has 2 aliphatic heterocycles. The third kappa shape index (κ3) is 3.82. The molecular weight excluding hydrogens is 420 g/mol. The van der Waals surface area contributed by atoms with Crippen LogP contribution in [0.1, 0.15) is 17.8 Å². The van der Waals surface area contributed by atoms with Crippen LogP contribution < -0.4 is 4.74 Å². The second-order valence-corrected chi connectivity index (χ2v) is 8.43. The minimum Gasteiger partial charge on any atom is -0.491 e. The number of nitrogens with one attached hydrogen (secondary N) is 1. The number of carbonyl (C=O) groups excluding carboxylic acids is 2. The molecule has 3 aromatic rings. The van der Waals surface area contributed by atoms with Crippen LogP contribution in [0.2, 0.25) is 0 Å². The van der Waals surface area contributed by atoms with Crippen LogP contribution in [-0.2, 0) is 20.9 Å². The molecule has 0 spiro atoms. The number of aromatic amines is 1. The highest BCUT2D eigenvalue weighted by Gasteiger charge is 2.35. The summed E-state index contributed by atoms with van der Waals surface area (Å²) in [5, 5.41) is 0. The molecule has 2 aliphatic rings. The number of amides is 1. The van der Waals surface area contributed by atoms with Gasteiger partial charge < -0.3 is 24.3 Å². The molecule has 0 fully saturated rings. The van der Waals surface area contributed by atoms with Gasteiger partial charge in [-0.1, -0.05) is 18.2 Å². The van der Waals surface area contributed by atoms with Crippen molar-refractivity contribution in [1.29, 1.82) is 0 Å². The van der Waals surface area contributed by atoms with E-state index in [1.807, 2.05) is 31.2 Å². The van der Waals surface area contributed by atoms with Crippen LogP contribution in [0.5, 0.6) is 5.75 Å². The highest BCUT2D eigenvalue weighted by Crippen LogP contribution is 2.32. The largest absolute Gasteiger partial charge is 0.491 e. The number of benzene rings is 2. The molecule has 1 amide bonds. The average Bonchev–Trinajstić information content (AvgIpc) is 3.30. The number of carbonyl (C=O) groups is 2. The Morgan fingerprint density at radius 1 is 1.18 bits per heavy atom. The summed E-state index contributed by atoms with van der Waals surface area (Å²) >= 11 is 0. The number of esters is 1. The van der Waals surface area contributed by atoms with Gasteiger partial charge in [-0.25, -0.2) is 9.78 Å². The van der Waals surface area contributed by atoms with Crippen LogP contribution in [-0.4, -0.2) is 65.0 Å². The summed E-state index contributed by atoms with van der Waals surface area (Å²) in [6.07, 6.45) is 2.28. The van der Waals surface area contributed by atoms with Crippen molar-refractivity contribution in [3.8, 4) is 16.9 Å². The molecule has 33 heavy (non-hydrogen) atoms. The van der Waals surface area contributed by atoms with Gasteiger partial charge in [0.25, 0.3) is 5.91 Å². The number of aromatic nitrogens is 2. The second kappa shape index (κ2) is 8.27. The number of hydrogen-bond donors (Lipinski definition) is 1. The van der Waals surface area contributed by atoms with Crippen LogP contribution in [0.3, 0.4) is 0 Å². The fourth-order valence-corrected chi connectivity index (χ4v) is 4.55. The Morgan fingerprint density at radius 2 is 1.97 bits per heavy atom. The molecule has 5 rings (SSSR count). The van der Waals surface area contributed by atoms with E-state index in [1.54, 1.807) is 16.8 Å². The zero-order valence-corrected chi connectivity index (χ0v) is 18.9. The smallest absolute Gasteiger partial charge is 0.328 e. The lowest BCUT2D eigenvalue weighted by molar-refractivity contribution is -0.145. The van der Waals surface area contributed by atoms with E-state index in [-0.39, 0.29) is 11.9 Å². The van der Waals surface area contributed by atoms with E-state index in [0.29, 0.717) is 31.8 Å². The summed E-state index contributed by atoms with van der Waals surface area (Å²) in [7, 11) is 3.12. The van der Waals surface area contributed by atoms with Gasteiger partial charge in [0.05, 0.1) is 30.4 Å². The summed E-state index contributed by atoms with van der Waals surface area (Å²) < 4.78 is 10.8. The van der Waals surface area contributed by atoms with Gasteiger partial charge in [-0.2, -0.15) is 0 Å². The van der Waals surface area contributed by atoms with Crippen LogP contribution in [0.4, 0.5) is 0 Å². The SMILES string of the molecule is COC(=O)C1CC=C(C(=O)N2CCOc3ccc(-c4ccc5nc(C)[nH]c5c4)cc3C2)N1C. The number of aryl methyl sites for hydroxylation is 1. The van der Waals surface area contributed by atoms with Gasteiger partial charge in [-0.15, -0.1) is 0 Å². The Labute approximate surface area is 191 Å². The standard InChI is InChI=1S/C25H26N4O4/c1-15-26-19-6-4-17(13-20(19)27-15)16-5-9-23-18(12-16)14-29(10-11-33-23)24(30)21-7-8-22(28(21)2)25(31)32-3/h4-7,9,12-13,22H,8,10-11,14H2,1-3H3,(H,26,27). The number of hydrogen-bond acceptors (Lipinski definition) is 6. The van der Waals surface area contributed by atoms with Gasteiger partial charge in [0.2, 0.25) is 0 Å². The van der Waals surface area contributed by atoms with Crippen LogP contribution in [0.25, 0.3) is 22.2 Å². The van der Waals surface area contributed by atoms with Gasteiger partial charge in [-0.05, 0) is 48.7 Å². The molecule has 1 atom stereocenters. The normalized spacial score (nSPS) is 17.9. The van der Waals surface area contributed by atoms with Gasteiger partial charge in [0, 0.05) is 19.2 Å². The predicted molar refractivity (Wildman–Crippen MR) is 123 cm³/mol. The Bertz CT molecular complexity index is 1280. The molecule has 3 heterocycles. The fourth-order valence-electron chi connectivity index (χ4n) is 4.55. The maximum atomic E-state index is 13.3. The number of rotatable bonds is 3. The van der Waals surface area contributed by atoms with Crippen LogP contribution in [0.15, 0.2) is 48.2 Å². The molecule has 1 N–H and O–H groups in total. The lowest BCUT2D eigenvalue weighted by atomic mass is 10.0. The van der Waals surface area contributed by atoms with Gasteiger partial charge >= 0.3 is 5.97 Å². The molecular formula is C25H26N4O4. The fraction of sp³-hybridized carbons (Fsp3) is 0.320. The molecule has 2 aromatic carbocycles. The van der Waals surface area contributed by atoms with Crippen molar-refractivity contribution in [3.05, 3.63) is 59.6 Å². The molecule has 170 valence electrons. The van der Waals surface area contributed by atoms with Gasteiger partial charge in [0.1, 0.15) is 24.2 Å². The van der Waals surface area contributed by atoms with Crippen molar-refractivity contribution >= 4 is 22.9 Å². The first-order valence-electron chi connectivity index (χ1n) is 11.0. The van der Waals surface area contributed by atoms with E-state index in [0.717, 1.165) is 39.3 Å². The molecule has 0 saturated heterocycles.